The van der Waals surface area contributed by atoms with Crippen molar-refractivity contribution in [3.8, 4) is 0 Å². The van der Waals surface area contributed by atoms with Crippen LogP contribution in [0, 0.1) is 6.92 Å². The topological polar surface area (TPSA) is 48.1 Å². The molecule has 0 amide bonds. The lowest BCUT2D eigenvalue weighted by atomic mass is 10.2. The first-order chi connectivity index (χ1) is 8.25. The first-order valence-electron chi connectivity index (χ1n) is 5.56. The number of nitrogens with zero attached hydrogens (tertiary/aromatic N) is 1. The van der Waals surface area contributed by atoms with Crippen LogP contribution < -0.4 is 5.73 Å². The number of ether oxygens (including phenoxy) is 1. The van der Waals surface area contributed by atoms with Crippen molar-refractivity contribution in [1.82, 2.24) is 4.37 Å². The Labute approximate surface area is 105 Å². The fraction of sp³-hybridized carbons (Fsp3) is 0.308. The third-order valence-electron chi connectivity index (χ3n) is 2.42. The third kappa shape index (κ3) is 3.63. The molecule has 4 heteroatoms. The molecule has 2 N–H and O–H groups in total. The highest BCUT2D eigenvalue weighted by Crippen LogP contribution is 2.17. The first kappa shape index (κ1) is 12.2. The summed E-state index contributed by atoms with van der Waals surface area (Å²) in [4.78, 5) is 1.08. The fourth-order valence-electron chi connectivity index (χ4n) is 1.52. The minimum Gasteiger partial charge on any atom is -0.375 e. The maximum atomic E-state index is 6.02. The van der Waals surface area contributed by atoms with Gasteiger partial charge in [0.2, 0.25) is 0 Å². The van der Waals surface area contributed by atoms with Crippen LogP contribution >= 0.6 is 11.5 Å². The van der Waals surface area contributed by atoms with Crippen molar-refractivity contribution < 1.29 is 4.74 Å². The van der Waals surface area contributed by atoms with Gasteiger partial charge in [0.05, 0.1) is 24.9 Å². The molecule has 0 saturated carbocycles. The molecule has 2 rings (SSSR count). The summed E-state index contributed by atoms with van der Waals surface area (Å²) in [6, 6.07) is 12.0. The lowest BCUT2D eigenvalue weighted by molar-refractivity contribution is 0.108. The smallest absolute Gasteiger partial charge is 0.0717 e. The lowest BCUT2D eigenvalue weighted by Gasteiger charge is -2.09. The molecule has 0 aliphatic rings. The molecular weight excluding hydrogens is 232 g/mol. The first-order valence-corrected chi connectivity index (χ1v) is 6.33. The van der Waals surface area contributed by atoms with Crippen LogP contribution in [0.4, 0.5) is 0 Å². The van der Waals surface area contributed by atoms with Gasteiger partial charge in [-0.3, -0.25) is 0 Å². The number of aryl methyl sites for hydroxylation is 1. The summed E-state index contributed by atoms with van der Waals surface area (Å²) in [6.45, 7) is 3.10. The highest BCUT2D eigenvalue weighted by Gasteiger charge is 2.09. The zero-order valence-electron chi connectivity index (χ0n) is 9.80. The third-order valence-corrected chi connectivity index (χ3v) is 3.43. The fourth-order valence-corrected chi connectivity index (χ4v) is 2.25. The molecule has 0 aliphatic carbocycles. The molecule has 17 heavy (non-hydrogen) atoms. The number of hydrogen-bond donors (Lipinski definition) is 1. The van der Waals surface area contributed by atoms with E-state index in [-0.39, 0.29) is 6.04 Å². The van der Waals surface area contributed by atoms with Gasteiger partial charge in [0, 0.05) is 4.88 Å². The van der Waals surface area contributed by atoms with E-state index in [1.54, 1.807) is 0 Å². The molecule has 3 nitrogen and oxygen atoms in total. The normalized spacial score (nSPS) is 12.6. The van der Waals surface area contributed by atoms with Crippen molar-refractivity contribution in [2.75, 3.05) is 6.61 Å². The second-order valence-corrected chi connectivity index (χ2v) is 4.81. The van der Waals surface area contributed by atoms with E-state index in [0.29, 0.717) is 13.2 Å². The van der Waals surface area contributed by atoms with Crippen molar-refractivity contribution in [3.63, 3.8) is 0 Å². The minimum atomic E-state index is -0.0788. The Balaban J connectivity index is 1.79. The Kier molecular flexibility index (Phi) is 4.25. The van der Waals surface area contributed by atoms with Gasteiger partial charge in [-0.05, 0) is 30.1 Å². The largest absolute Gasteiger partial charge is 0.375 e. The van der Waals surface area contributed by atoms with Gasteiger partial charge in [-0.15, -0.1) is 0 Å². The second kappa shape index (κ2) is 5.91. The van der Waals surface area contributed by atoms with Crippen molar-refractivity contribution >= 4 is 11.5 Å². The molecular formula is C13H16N2OS. The number of benzene rings is 1. The summed E-state index contributed by atoms with van der Waals surface area (Å²) in [7, 11) is 0. The van der Waals surface area contributed by atoms with Crippen LogP contribution in [-0.2, 0) is 11.3 Å². The summed E-state index contributed by atoms with van der Waals surface area (Å²) in [6.07, 6.45) is 0. The molecule has 0 saturated heterocycles. The van der Waals surface area contributed by atoms with E-state index in [4.69, 9.17) is 10.5 Å². The van der Waals surface area contributed by atoms with Gasteiger partial charge in [0.15, 0.2) is 0 Å². The highest BCUT2D eigenvalue weighted by atomic mass is 32.1. The van der Waals surface area contributed by atoms with Gasteiger partial charge in [-0.1, -0.05) is 30.3 Å². The van der Waals surface area contributed by atoms with Crippen LogP contribution in [0.2, 0.25) is 0 Å². The Morgan fingerprint density at radius 1 is 1.35 bits per heavy atom. The Hall–Kier alpha value is -1.23. The molecule has 0 bridgehead atoms. The lowest BCUT2D eigenvalue weighted by Crippen LogP contribution is -2.15. The molecule has 2 aromatic rings. The van der Waals surface area contributed by atoms with Gasteiger partial charge in [0.25, 0.3) is 0 Å². The van der Waals surface area contributed by atoms with Crippen molar-refractivity contribution in [3.05, 3.63) is 52.5 Å². The molecule has 0 radical (unpaired) electrons. The molecule has 1 heterocycles. The van der Waals surface area contributed by atoms with Crippen molar-refractivity contribution in [2.45, 2.75) is 19.6 Å². The molecule has 90 valence electrons. The van der Waals surface area contributed by atoms with Crippen LogP contribution in [0.25, 0.3) is 0 Å². The molecule has 0 spiro atoms. The Bertz CT molecular complexity index is 455. The standard InChI is InChI=1S/C13H16N2OS/c1-10-7-13(17-15-10)12(14)9-16-8-11-5-3-2-4-6-11/h2-7,12H,8-9,14H2,1H3. The van der Waals surface area contributed by atoms with Gasteiger partial charge in [0.1, 0.15) is 0 Å². The van der Waals surface area contributed by atoms with E-state index in [1.807, 2.05) is 43.3 Å². The Morgan fingerprint density at radius 3 is 2.76 bits per heavy atom. The summed E-state index contributed by atoms with van der Waals surface area (Å²) >= 11 is 1.45. The van der Waals surface area contributed by atoms with Gasteiger partial charge >= 0.3 is 0 Å². The van der Waals surface area contributed by atoms with E-state index >= 15 is 0 Å². The average molecular weight is 248 g/mol. The van der Waals surface area contributed by atoms with Crippen molar-refractivity contribution in [1.29, 1.82) is 0 Å². The number of aromatic nitrogens is 1. The summed E-state index contributed by atoms with van der Waals surface area (Å²) < 4.78 is 9.81. The predicted octanol–water partition coefficient (Wildman–Crippen LogP) is 2.67. The minimum absolute atomic E-state index is 0.0788. The van der Waals surface area contributed by atoms with Crippen LogP contribution in [0.5, 0.6) is 0 Å². The second-order valence-electron chi connectivity index (χ2n) is 3.98. The number of hydrogen-bond acceptors (Lipinski definition) is 4. The number of rotatable bonds is 5. The molecule has 1 aromatic carbocycles. The summed E-state index contributed by atoms with van der Waals surface area (Å²) in [5.41, 5.74) is 8.20. The molecule has 1 atom stereocenters. The Morgan fingerprint density at radius 2 is 2.12 bits per heavy atom. The zero-order valence-corrected chi connectivity index (χ0v) is 10.6. The number of nitrogens with two attached hydrogens (primary N) is 1. The quantitative estimate of drug-likeness (QED) is 0.885. The maximum absolute atomic E-state index is 6.02. The van der Waals surface area contributed by atoms with E-state index in [1.165, 1.54) is 17.1 Å². The van der Waals surface area contributed by atoms with Gasteiger partial charge < -0.3 is 10.5 Å². The predicted molar refractivity (Wildman–Crippen MR) is 69.9 cm³/mol. The highest BCUT2D eigenvalue weighted by molar-refractivity contribution is 7.05. The summed E-state index contributed by atoms with van der Waals surface area (Å²) in [5, 5.41) is 0. The van der Waals surface area contributed by atoms with E-state index in [9.17, 15) is 0 Å². The van der Waals surface area contributed by atoms with Crippen LogP contribution in [0.1, 0.15) is 22.2 Å². The summed E-state index contributed by atoms with van der Waals surface area (Å²) in [5.74, 6) is 0. The molecule has 1 aromatic heterocycles. The van der Waals surface area contributed by atoms with Crippen molar-refractivity contribution in [2.24, 2.45) is 5.73 Å². The van der Waals surface area contributed by atoms with Crippen LogP contribution in [-0.4, -0.2) is 11.0 Å². The molecule has 1 unspecified atom stereocenters. The van der Waals surface area contributed by atoms with E-state index < -0.39 is 0 Å². The monoisotopic (exact) mass is 248 g/mol. The van der Waals surface area contributed by atoms with Crippen LogP contribution in [0.15, 0.2) is 36.4 Å². The van der Waals surface area contributed by atoms with Crippen LogP contribution in [0.3, 0.4) is 0 Å². The zero-order chi connectivity index (χ0) is 12.1. The maximum Gasteiger partial charge on any atom is 0.0717 e. The van der Waals surface area contributed by atoms with Gasteiger partial charge in [-0.2, -0.15) is 4.37 Å². The average Bonchev–Trinajstić information content (AvgIpc) is 2.77. The van der Waals surface area contributed by atoms with Gasteiger partial charge in [-0.25, -0.2) is 0 Å². The van der Waals surface area contributed by atoms with E-state index in [2.05, 4.69) is 4.37 Å². The molecule has 0 aliphatic heterocycles. The molecule has 0 fully saturated rings. The van der Waals surface area contributed by atoms with E-state index in [0.717, 1.165) is 10.6 Å². The SMILES string of the molecule is Cc1cc(C(N)COCc2ccccc2)sn1.